The van der Waals surface area contributed by atoms with E-state index in [1.54, 1.807) is 0 Å². The van der Waals surface area contributed by atoms with Gasteiger partial charge in [0.15, 0.2) is 17.7 Å². The predicted octanol–water partition coefficient (Wildman–Crippen LogP) is -0.702. The molecule has 6 atom stereocenters. The Balaban J connectivity index is 1.70. The Morgan fingerprint density at radius 2 is 1.86 bits per heavy atom. The highest BCUT2D eigenvalue weighted by molar-refractivity contribution is 7.61. The minimum absolute atomic E-state index is 0.0998. The van der Waals surface area contributed by atoms with Gasteiger partial charge in [-0.1, -0.05) is 0 Å². The number of ether oxygens (including phenoxy) is 1. The second kappa shape index (κ2) is 8.32. The average Bonchev–Trinajstić information content (AvgIpc) is 3.16. The van der Waals surface area contributed by atoms with Crippen molar-refractivity contribution in [3.05, 3.63) is 12.7 Å². The Bertz CT molecular complexity index is 972. The highest BCUT2D eigenvalue weighted by Crippen LogP contribution is 2.60. The van der Waals surface area contributed by atoms with Crippen LogP contribution >= 0.6 is 15.6 Å². The van der Waals surface area contributed by atoms with E-state index >= 15 is 0 Å². The fraction of sp³-hybridized carbons (Fsp3) is 0.583. The van der Waals surface area contributed by atoms with Gasteiger partial charge >= 0.3 is 15.6 Å². The molecule has 0 bridgehead atoms. The Labute approximate surface area is 163 Å². The second-order valence-corrected chi connectivity index (χ2v) is 8.91. The Kier molecular flexibility index (Phi) is 6.36. The van der Waals surface area contributed by atoms with Gasteiger partial charge in [-0.3, -0.25) is 13.6 Å². The van der Waals surface area contributed by atoms with Crippen LogP contribution < -0.4 is 5.73 Å². The zero-order valence-electron chi connectivity index (χ0n) is 14.9. The lowest BCUT2D eigenvalue weighted by molar-refractivity contribution is -0.0504. The molecule has 0 aliphatic carbocycles. The van der Waals surface area contributed by atoms with Crippen molar-refractivity contribution in [1.82, 2.24) is 19.5 Å². The van der Waals surface area contributed by atoms with Crippen molar-refractivity contribution < 1.29 is 47.2 Å². The van der Waals surface area contributed by atoms with Crippen LogP contribution in [0.25, 0.3) is 11.2 Å². The molecule has 3 heterocycles. The molecule has 0 spiro atoms. The van der Waals surface area contributed by atoms with Gasteiger partial charge < -0.3 is 30.5 Å². The number of nitrogens with zero attached hydrogens (tertiary/aromatic N) is 4. The molecule has 2 aromatic heterocycles. The molecular weight excluding hydrogens is 436 g/mol. The summed E-state index contributed by atoms with van der Waals surface area (Å²) in [6, 6.07) is 0. The second-order valence-electron chi connectivity index (χ2n) is 5.86. The monoisotopic (exact) mass is 455 g/mol. The molecule has 2 aromatic rings. The van der Waals surface area contributed by atoms with Gasteiger partial charge in [-0.25, -0.2) is 24.1 Å². The van der Waals surface area contributed by atoms with Gasteiger partial charge in [-0.15, -0.1) is 0 Å². The third kappa shape index (κ3) is 4.81. The standard InChI is InChI=1S/C12H19N5O10P2/c1-2-24-28(20,21)27-29(22,23)25-3-6-8(18)9(19)12(26-6)17-5-16-7-10(13)14-4-15-11(7)17/h4-6,8-9,12,18-19H,2-3H2,1H3,(H,20,21)(H,22,23)(H2,13,14,15)/t6-,8?,9?,12-/m1/s1. The molecule has 1 aliphatic rings. The van der Waals surface area contributed by atoms with Crippen LogP contribution in [0.1, 0.15) is 13.2 Å². The van der Waals surface area contributed by atoms with Crippen molar-refractivity contribution in [2.45, 2.75) is 31.5 Å². The first-order chi connectivity index (χ1) is 13.5. The summed E-state index contributed by atoms with van der Waals surface area (Å²) in [7, 11) is -9.85. The molecule has 1 fully saturated rings. The van der Waals surface area contributed by atoms with E-state index in [-0.39, 0.29) is 23.6 Å². The molecule has 0 aromatic carbocycles. The fourth-order valence-corrected chi connectivity index (χ4v) is 4.74. The number of anilines is 1. The maximum Gasteiger partial charge on any atom is 0.481 e. The van der Waals surface area contributed by atoms with Gasteiger partial charge in [0.2, 0.25) is 0 Å². The largest absolute Gasteiger partial charge is 0.481 e. The van der Waals surface area contributed by atoms with E-state index in [2.05, 4.69) is 28.3 Å². The van der Waals surface area contributed by atoms with Gasteiger partial charge in [0.25, 0.3) is 0 Å². The summed E-state index contributed by atoms with van der Waals surface area (Å²) in [5.74, 6) is 0.0998. The molecular formula is C12H19N5O10P2. The van der Waals surface area contributed by atoms with Crippen LogP contribution in [0.5, 0.6) is 0 Å². The number of hydrogen-bond acceptors (Lipinski definition) is 12. The van der Waals surface area contributed by atoms with E-state index in [1.807, 2.05) is 0 Å². The van der Waals surface area contributed by atoms with Gasteiger partial charge in [0.1, 0.15) is 30.2 Å². The highest BCUT2D eigenvalue weighted by atomic mass is 31.3. The number of aromatic nitrogens is 4. The molecule has 1 aliphatic heterocycles. The van der Waals surface area contributed by atoms with Crippen molar-refractivity contribution in [2.24, 2.45) is 0 Å². The van der Waals surface area contributed by atoms with E-state index in [0.29, 0.717) is 0 Å². The minimum Gasteiger partial charge on any atom is -0.387 e. The topological polar surface area (TPSA) is 222 Å². The summed E-state index contributed by atoms with van der Waals surface area (Å²) in [6.07, 6.45) is -3.04. The van der Waals surface area contributed by atoms with Crippen molar-refractivity contribution in [2.75, 3.05) is 18.9 Å². The predicted molar refractivity (Wildman–Crippen MR) is 94.0 cm³/mol. The van der Waals surface area contributed by atoms with E-state index in [1.165, 1.54) is 24.1 Å². The number of hydrogen-bond donors (Lipinski definition) is 5. The van der Waals surface area contributed by atoms with Crippen LogP contribution in [0, 0.1) is 0 Å². The Hall–Kier alpha value is -1.51. The van der Waals surface area contributed by atoms with E-state index in [4.69, 9.17) is 10.5 Å². The molecule has 4 unspecified atom stereocenters. The summed E-state index contributed by atoms with van der Waals surface area (Å²) in [5.41, 5.74) is 6.18. The summed E-state index contributed by atoms with van der Waals surface area (Å²) >= 11 is 0. The third-order valence-electron chi connectivity index (χ3n) is 3.90. The summed E-state index contributed by atoms with van der Waals surface area (Å²) in [6.45, 7) is 0.370. The third-order valence-corrected chi connectivity index (χ3v) is 6.61. The van der Waals surface area contributed by atoms with Gasteiger partial charge in [0.05, 0.1) is 19.5 Å². The molecule has 6 N–H and O–H groups in total. The molecule has 17 heteroatoms. The lowest BCUT2D eigenvalue weighted by atomic mass is 10.1. The van der Waals surface area contributed by atoms with Crippen molar-refractivity contribution >= 4 is 32.6 Å². The smallest absolute Gasteiger partial charge is 0.387 e. The first-order valence-electron chi connectivity index (χ1n) is 8.15. The summed E-state index contributed by atoms with van der Waals surface area (Å²) in [5, 5.41) is 20.5. The molecule has 0 amide bonds. The Morgan fingerprint density at radius 1 is 1.17 bits per heavy atom. The molecule has 162 valence electrons. The molecule has 1 saturated heterocycles. The summed E-state index contributed by atoms with van der Waals surface area (Å²) in [4.78, 5) is 30.6. The van der Waals surface area contributed by atoms with Crippen LogP contribution in [0.15, 0.2) is 12.7 Å². The molecule has 29 heavy (non-hydrogen) atoms. The fourth-order valence-electron chi connectivity index (χ4n) is 2.66. The quantitative estimate of drug-likeness (QED) is 0.311. The van der Waals surface area contributed by atoms with E-state index in [0.717, 1.165) is 0 Å². The van der Waals surface area contributed by atoms with Gasteiger partial charge in [0, 0.05) is 0 Å². The number of nitrogens with two attached hydrogens (primary N) is 1. The van der Waals surface area contributed by atoms with Crippen LogP contribution in [0.4, 0.5) is 5.82 Å². The van der Waals surface area contributed by atoms with Crippen LogP contribution in [0.2, 0.25) is 0 Å². The van der Waals surface area contributed by atoms with Crippen LogP contribution in [0.3, 0.4) is 0 Å². The molecule has 0 saturated carbocycles. The summed E-state index contributed by atoms with van der Waals surface area (Å²) < 4.78 is 43.1. The number of rotatable bonds is 8. The van der Waals surface area contributed by atoms with Crippen molar-refractivity contribution in [3.8, 4) is 0 Å². The molecule has 3 rings (SSSR count). The van der Waals surface area contributed by atoms with Gasteiger partial charge in [-0.05, 0) is 6.92 Å². The maximum absolute atomic E-state index is 11.8. The number of aliphatic hydroxyl groups excluding tert-OH is 2. The normalized spacial score (nSPS) is 29.0. The number of phosphoric ester groups is 2. The first-order valence-corrected chi connectivity index (χ1v) is 11.1. The lowest BCUT2D eigenvalue weighted by Gasteiger charge is -2.18. The van der Waals surface area contributed by atoms with E-state index < -0.39 is 46.8 Å². The maximum atomic E-state index is 11.8. The highest BCUT2D eigenvalue weighted by Gasteiger charge is 2.46. The zero-order valence-corrected chi connectivity index (χ0v) is 16.7. The van der Waals surface area contributed by atoms with Crippen LogP contribution in [-0.2, 0) is 27.2 Å². The number of nitrogen functional groups attached to an aromatic ring is 1. The first kappa shape index (κ1) is 22.2. The minimum atomic E-state index is -5.04. The van der Waals surface area contributed by atoms with E-state index in [9.17, 15) is 29.1 Å². The van der Waals surface area contributed by atoms with Crippen molar-refractivity contribution in [1.29, 1.82) is 0 Å². The Morgan fingerprint density at radius 3 is 2.55 bits per heavy atom. The average molecular weight is 455 g/mol. The van der Waals surface area contributed by atoms with Crippen molar-refractivity contribution in [3.63, 3.8) is 0 Å². The molecule has 0 radical (unpaired) electrons. The number of fused-ring (bicyclic) bond motifs is 1. The lowest BCUT2D eigenvalue weighted by Crippen LogP contribution is -2.33. The number of phosphoric acid groups is 2. The number of aliphatic hydroxyl groups is 2. The van der Waals surface area contributed by atoms with Crippen LogP contribution in [-0.4, -0.2) is 71.0 Å². The zero-order chi connectivity index (χ0) is 21.4. The molecule has 15 nitrogen and oxygen atoms in total. The number of imidazole rings is 1. The van der Waals surface area contributed by atoms with Gasteiger partial charge in [-0.2, -0.15) is 4.31 Å². The SMILES string of the molecule is CCOP(=O)(O)OP(=O)(O)OC[C@H]1O[C@@H](n2cnc3c(N)ncnc32)C(O)C1O.